The van der Waals surface area contributed by atoms with Crippen molar-refractivity contribution in [2.75, 3.05) is 0 Å². The van der Waals surface area contributed by atoms with E-state index >= 15 is 0 Å². The topological polar surface area (TPSA) is 26.3 Å². The zero-order chi connectivity index (χ0) is 15.5. The quantitative estimate of drug-likeness (QED) is 0.626. The molecule has 0 aliphatic rings. The van der Waals surface area contributed by atoms with E-state index in [2.05, 4.69) is 4.74 Å². The first kappa shape index (κ1) is 15.0. The van der Waals surface area contributed by atoms with Crippen molar-refractivity contribution < 1.29 is 27.1 Å². The molecule has 6 heteroatoms. The van der Waals surface area contributed by atoms with Crippen LogP contribution in [0.25, 0.3) is 0 Å². The molecule has 0 radical (unpaired) electrons. The number of benzene rings is 2. The van der Waals surface area contributed by atoms with Crippen LogP contribution in [0.4, 0.5) is 17.6 Å². The normalized spacial score (nSPS) is 11.2. The van der Waals surface area contributed by atoms with Gasteiger partial charge in [-0.05, 0) is 42.0 Å². The molecule has 0 unspecified atom stereocenters. The van der Waals surface area contributed by atoms with Crippen LogP contribution >= 0.6 is 0 Å². The molecule has 110 valence electrons. The third-order valence-electron chi connectivity index (χ3n) is 2.69. The number of Topliss-reactive ketones (excluding diaryl/α,β-unsaturated/α-hetero) is 1. The Labute approximate surface area is 118 Å². The van der Waals surface area contributed by atoms with Gasteiger partial charge in [0.2, 0.25) is 0 Å². The second kappa shape index (κ2) is 5.95. The van der Waals surface area contributed by atoms with Crippen molar-refractivity contribution in [2.24, 2.45) is 0 Å². The fourth-order valence-corrected chi connectivity index (χ4v) is 1.73. The number of alkyl halides is 3. The van der Waals surface area contributed by atoms with Gasteiger partial charge in [0, 0.05) is 12.0 Å². The van der Waals surface area contributed by atoms with Crippen molar-refractivity contribution >= 4 is 5.78 Å². The van der Waals surface area contributed by atoms with Crippen LogP contribution in [0.2, 0.25) is 0 Å². The Hall–Kier alpha value is -2.37. The molecule has 0 bridgehead atoms. The van der Waals surface area contributed by atoms with Gasteiger partial charge in [-0.2, -0.15) is 0 Å². The summed E-state index contributed by atoms with van der Waals surface area (Å²) >= 11 is 0. The molecule has 0 saturated carbocycles. The maximum atomic E-state index is 12.7. The van der Waals surface area contributed by atoms with E-state index in [0.717, 1.165) is 12.1 Å². The Morgan fingerprint density at radius 3 is 2.05 bits per heavy atom. The largest absolute Gasteiger partial charge is 0.573 e. The highest BCUT2D eigenvalue weighted by molar-refractivity contribution is 5.97. The monoisotopic (exact) mass is 298 g/mol. The number of rotatable bonds is 4. The Kier molecular flexibility index (Phi) is 4.26. The van der Waals surface area contributed by atoms with E-state index in [0.29, 0.717) is 11.1 Å². The molecule has 0 aromatic heterocycles. The maximum Gasteiger partial charge on any atom is 0.573 e. The van der Waals surface area contributed by atoms with E-state index in [4.69, 9.17) is 0 Å². The number of hydrogen-bond donors (Lipinski definition) is 0. The van der Waals surface area contributed by atoms with Gasteiger partial charge in [-0.3, -0.25) is 4.79 Å². The van der Waals surface area contributed by atoms with Gasteiger partial charge in [0.1, 0.15) is 11.6 Å². The van der Waals surface area contributed by atoms with Gasteiger partial charge in [0.15, 0.2) is 5.78 Å². The minimum atomic E-state index is -4.74. The summed E-state index contributed by atoms with van der Waals surface area (Å²) in [6.07, 6.45) is -4.73. The summed E-state index contributed by atoms with van der Waals surface area (Å²) < 4.78 is 52.5. The zero-order valence-electron chi connectivity index (χ0n) is 10.7. The summed E-state index contributed by atoms with van der Waals surface area (Å²) in [6.45, 7) is 0. The predicted molar refractivity (Wildman–Crippen MR) is 67.6 cm³/mol. The zero-order valence-corrected chi connectivity index (χ0v) is 10.7. The number of carbonyl (C=O) groups excluding carboxylic acids is 1. The summed E-state index contributed by atoms with van der Waals surface area (Å²) in [4.78, 5) is 11.9. The molecule has 0 amide bonds. The third-order valence-corrected chi connectivity index (χ3v) is 2.69. The lowest BCUT2D eigenvalue weighted by Crippen LogP contribution is -2.17. The van der Waals surface area contributed by atoms with Crippen LogP contribution in [0.1, 0.15) is 15.9 Å². The average molecular weight is 298 g/mol. The molecule has 0 N–H and O–H groups in total. The molecule has 0 fully saturated rings. The van der Waals surface area contributed by atoms with Gasteiger partial charge < -0.3 is 4.74 Å². The lowest BCUT2D eigenvalue weighted by molar-refractivity contribution is -0.274. The number of ether oxygens (including phenoxy) is 1. The van der Waals surface area contributed by atoms with Gasteiger partial charge >= 0.3 is 6.36 Å². The highest BCUT2D eigenvalue weighted by Crippen LogP contribution is 2.23. The minimum absolute atomic E-state index is 0.0118. The Morgan fingerprint density at radius 1 is 0.952 bits per heavy atom. The number of halogens is 4. The molecule has 0 aliphatic carbocycles. The van der Waals surface area contributed by atoms with E-state index in [-0.39, 0.29) is 18.0 Å². The number of hydrogen-bond acceptors (Lipinski definition) is 2. The molecule has 2 nitrogen and oxygen atoms in total. The number of carbonyl (C=O) groups is 1. The van der Waals surface area contributed by atoms with Crippen LogP contribution in [0.5, 0.6) is 5.75 Å². The fraction of sp³-hybridized carbons (Fsp3) is 0.133. The SMILES string of the molecule is O=C(Cc1ccc(OC(F)(F)F)cc1)c1ccc(F)cc1. The first-order valence-electron chi connectivity index (χ1n) is 5.97. The van der Waals surface area contributed by atoms with E-state index in [1.54, 1.807) is 0 Å². The van der Waals surface area contributed by atoms with Gasteiger partial charge in [-0.1, -0.05) is 12.1 Å². The molecule has 2 aromatic carbocycles. The average Bonchev–Trinajstić information content (AvgIpc) is 2.40. The lowest BCUT2D eigenvalue weighted by Gasteiger charge is -2.09. The molecule has 2 aromatic rings. The molecular weight excluding hydrogens is 288 g/mol. The van der Waals surface area contributed by atoms with Crippen molar-refractivity contribution in [1.82, 2.24) is 0 Å². The smallest absolute Gasteiger partial charge is 0.406 e. The standard InChI is InChI=1S/C15H10F4O2/c16-12-5-3-11(4-6-12)14(20)9-10-1-7-13(8-2-10)21-15(17,18)19/h1-8H,9H2. The van der Waals surface area contributed by atoms with Crippen LogP contribution in [-0.2, 0) is 6.42 Å². The van der Waals surface area contributed by atoms with Gasteiger partial charge in [-0.25, -0.2) is 4.39 Å². The van der Waals surface area contributed by atoms with Crippen molar-refractivity contribution in [3.63, 3.8) is 0 Å². The highest BCUT2D eigenvalue weighted by Gasteiger charge is 2.30. The third kappa shape index (κ3) is 4.59. The summed E-state index contributed by atoms with van der Waals surface area (Å²) in [7, 11) is 0. The molecule has 0 heterocycles. The van der Waals surface area contributed by atoms with Crippen LogP contribution in [-0.4, -0.2) is 12.1 Å². The lowest BCUT2D eigenvalue weighted by atomic mass is 10.0. The summed E-state index contributed by atoms with van der Waals surface area (Å²) in [6, 6.07) is 10.1. The Morgan fingerprint density at radius 2 is 1.52 bits per heavy atom. The first-order chi connectivity index (χ1) is 9.83. The first-order valence-corrected chi connectivity index (χ1v) is 5.97. The van der Waals surface area contributed by atoms with Gasteiger partial charge in [0.05, 0.1) is 0 Å². The second-order valence-electron chi connectivity index (χ2n) is 4.30. The van der Waals surface area contributed by atoms with Crippen molar-refractivity contribution in [2.45, 2.75) is 12.8 Å². The molecule has 0 saturated heterocycles. The Balaban J connectivity index is 2.03. The summed E-state index contributed by atoms with van der Waals surface area (Å²) in [5.41, 5.74) is 0.880. The van der Waals surface area contributed by atoms with Crippen LogP contribution in [0, 0.1) is 5.82 Å². The summed E-state index contributed by atoms with van der Waals surface area (Å²) in [5.74, 6) is -1.04. The molecule has 0 spiro atoms. The number of ketones is 1. The molecule has 2 rings (SSSR count). The van der Waals surface area contributed by atoms with Crippen LogP contribution < -0.4 is 4.74 Å². The van der Waals surface area contributed by atoms with E-state index < -0.39 is 12.2 Å². The second-order valence-corrected chi connectivity index (χ2v) is 4.30. The van der Waals surface area contributed by atoms with E-state index in [1.165, 1.54) is 36.4 Å². The highest BCUT2D eigenvalue weighted by atomic mass is 19.4. The van der Waals surface area contributed by atoms with Crippen molar-refractivity contribution in [3.8, 4) is 5.75 Å². The summed E-state index contributed by atoms with van der Waals surface area (Å²) in [5, 5.41) is 0. The maximum absolute atomic E-state index is 12.7. The predicted octanol–water partition coefficient (Wildman–Crippen LogP) is 4.15. The van der Waals surface area contributed by atoms with Gasteiger partial charge in [0.25, 0.3) is 0 Å². The molecule has 21 heavy (non-hydrogen) atoms. The Bertz CT molecular complexity index is 616. The van der Waals surface area contributed by atoms with Gasteiger partial charge in [-0.15, -0.1) is 13.2 Å². The van der Waals surface area contributed by atoms with Crippen LogP contribution in [0.3, 0.4) is 0 Å². The molecule has 0 atom stereocenters. The molecular formula is C15H10F4O2. The van der Waals surface area contributed by atoms with Crippen LogP contribution in [0.15, 0.2) is 48.5 Å². The molecule has 0 aliphatic heterocycles. The fourth-order valence-electron chi connectivity index (χ4n) is 1.73. The van der Waals surface area contributed by atoms with Crippen molar-refractivity contribution in [3.05, 3.63) is 65.5 Å². The van der Waals surface area contributed by atoms with E-state index in [1.807, 2.05) is 0 Å². The minimum Gasteiger partial charge on any atom is -0.406 e. The van der Waals surface area contributed by atoms with Crippen molar-refractivity contribution in [1.29, 1.82) is 0 Å². The van der Waals surface area contributed by atoms with E-state index in [9.17, 15) is 22.4 Å².